The maximum Gasteiger partial charge on any atom is 0.471 e. The van der Waals surface area contributed by atoms with Crippen LogP contribution in [-0.2, 0) is 70.7 Å². The molecule has 0 aliphatic carbocycles. The summed E-state index contributed by atoms with van der Waals surface area (Å²) in [5, 5.41) is 105. The molecule has 32 heteroatoms. The Morgan fingerprint density at radius 3 is 1.11 bits per heavy atom. The molecule has 16 unspecified atom stereocenters. The van der Waals surface area contributed by atoms with Gasteiger partial charge in [-0.15, -0.1) is 0 Å². The van der Waals surface area contributed by atoms with Crippen LogP contribution in [0.1, 0.15) is 202 Å². The monoisotopic (exact) mass is 1450 g/mol. The lowest BCUT2D eigenvalue weighted by Crippen LogP contribution is -2.55. The molecule has 0 radical (unpaired) electrons. The number of hydrogen-bond acceptors (Lipinski definition) is 25. The van der Waals surface area contributed by atoms with E-state index in [1.807, 2.05) is 13.8 Å². The zero-order chi connectivity index (χ0) is 73.6. The quantitative estimate of drug-likeness (QED) is 0.0305. The molecule has 582 valence electrons. The van der Waals surface area contributed by atoms with Crippen LogP contribution >= 0.6 is 7.82 Å². The lowest BCUT2D eigenvalue weighted by molar-refractivity contribution is -0.282. The second-order valence-corrected chi connectivity index (χ2v) is 28.2. The number of ether oxygens (including phenoxy) is 7. The molecule has 0 saturated carbocycles. The van der Waals surface area contributed by atoms with Crippen molar-refractivity contribution in [2.75, 3.05) is 92.7 Å². The van der Waals surface area contributed by atoms with Crippen molar-refractivity contribution in [3.63, 3.8) is 0 Å². The van der Waals surface area contributed by atoms with Crippen LogP contribution in [0.15, 0.2) is 0 Å². The second kappa shape index (κ2) is 53.5. The predicted molar refractivity (Wildman–Crippen MR) is 365 cm³/mol. The van der Waals surface area contributed by atoms with Crippen molar-refractivity contribution < 1.29 is 122 Å². The highest BCUT2D eigenvalue weighted by Gasteiger charge is 2.45. The number of unbranched alkanes of at least 4 members (excludes halogenated alkanes) is 12. The van der Waals surface area contributed by atoms with Gasteiger partial charge < -0.3 is 116 Å². The summed E-state index contributed by atoms with van der Waals surface area (Å²) in [7, 11) is -2.61. The van der Waals surface area contributed by atoms with E-state index in [1.54, 1.807) is 20.8 Å². The number of nitrogens with two attached hydrogens (primary N) is 1. The van der Waals surface area contributed by atoms with E-state index in [9.17, 15) is 74.5 Å². The van der Waals surface area contributed by atoms with E-state index in [1.165, 1.54) is 0 Å². The molecular weight excluding hydrogens is 1320 g/mol. The topological polar surface area (TPSA) is 474 Å². The Balaban J connectivity index is 0.00000230. The molecule has 31 nitrogen and oxygen atoms in total. The number of rotatable bonds is 54. The highest BCUT2D eigenvalue weighted by Crippen LogP contribution is 2.42. The van der Waals surface area contributed by atoms with Gasteiger partial charge in [-0.1, -0.05) is 72.1 Å². The van der Waals surface area contributed by atoms with E-state index < -0.39 is 125 Å². The smallest absolute Gasteiger partial charge is 0.394 e. The molecule has 0 aromatic carbocycles. The molecule has 3 aliphatic rings. The molecule has 3 saturated heterocycles. The van der Waals surface area contributed by atoms with Crippen molar-refractivity contribution >= 4 is 37.4 Å². The molecule has 0 aromatic rings. The molecule has 5 amide bonds. The van der Waals surface area contributed by atoms with Crippen LogP contribution in [0.4, 0.5) is 0 Å². The second-order valence-electron chi connectivity index (χ2n) is 26.6. The summed E-state index contributed by atoms with van der Waals surface area (Å²) >= 11 is 0. The minimum absolute atomic E-state index is 0.0137. The first-order chi connectivity index (χ1) is 47.3. The number of carbonyl (C=O) groups is 5. The summed E-state index contributed by atoms with van der Waals surface area (Å²) in [6.07, 6.45) is 1.60. The summed E-state index contributed by atoms with van der Waals surface area (Å²) in [6, 6.07) is 0. The van der Waals surface area contributed by atoms with E-state index in [4.69, 9.17) is 43.8 Å². The van der Waals surface area contributed by atoms with Gasteiger partial charge in [0.05, 0.1) is 50.8 Å². The molecule has 3 rings (SSSR count). The molecule has 17 N–H and O–H groups in total. The van der Waals surface area contributed by atoms with Crippen LogP contribution in [0.5, 0.6) is 0 Å². The third kappa shape index (κ3) is 38.9. The summed E-state index contributed by atoms with van der Waals surface area (Å²) in [5.74, 6) is -2.89. The van der Waals surface area contributed by atoms with Crippen molar-refractivity contribution in [1.82, 2.24) is 26.6 Å². The van der Waals surface area contributed by atoms with Crippen LogP contribution in [0, 0.1) is 17.8 Å². The van der Waals surface area contributed by atoms with Gasteiger partial charge in [-0.05, 0) is 104 Å². The van der Waals surface area contributed by atoms with Gasteiger partial charge in [-0.3, -0.25) is 33.0 Å². The van der Waals surface area contributed by atoms with Crippen LogP contribution in [0.3, 0.4) is 0 Å². The average Bonchev–Trinajstić information content (AvgIpc) is 0.843. The molecule has 3 heterocycles. The number of aliphatic hydroxyl groups excluding tert-OH is 9. The van der Waals surface area contributed by atoms with Crippen molar-refractivity contribution in [1.29, 1.82) is 0 Å². The zero-order valence-electron chi connectivity index (χ0n) is 59.9. The van der Waals surface area contributed by atoms with Gasteiger partial charge in [0.25, 0.3) is 0 Å². The Morgan fingerprint density at radius 2 is 0.768 bits per heavy atom. The highest BCUT2D eigenvalue weighted by atomic mass is 31.2. The average molecular weight is 1450 g/mol. The van der Waals surface area contributed by atoms with Gasteiger partial charge in [-0.25, -0.2) is 4.57 Å². The molecule has 0 spiro atoms. The van der Waals surface area contributed by atoms with Crippen LogP contribution in [0.2, 0.25) is 0 Å². The molecule has 99 heavy (non-hydrogen) atoms. The number of phosphoric acid groups is 1. The molecule has 3 fully saturated rings. The zero-order valence-corrected chi connectivity index (χ0v) is 60.8. The number of aliphatic hydroxyl groups is 9. The first-order valence-corrected chi connectivity index (χ1v) is 37.7. The van der Waals surface area contributed by atoms with Gasteiger partial charge in [0, 0.05) is 115 Å². The summed E-state index contributed by atoms with van der Waals surface area (Å²) in [4.78, 5) is 75.9. The van der Waals surface area contributed by atoms with Crippen molar-refractivity contribution in [2.45, 2.75) is 287 Å². The van der Waals surface area contributed by atoms with Gasteiger partial charge in [-0.2, -0.15) is 0 Å². The standard InChI is InChI=1S/C60H111N5O21.C7H18NO4P/c1-39(2)80-35-19-31-64-46(69)20-18-21-50(73)65-60(25-22-47(70)61-28-12-6-9-15-32-81-57-40(3)51(74)54(77)43(36-66)84-57,26-23-48(71)62-29-13-7-10-16-33-82-58-41(4)52(75)55(78)44(37-67)85-58)27-24-49(72)63-30-14-8-11-17-34-83-59-42(5)53(76)56(79)45(38-68)86-59;1-11-13(9,10)12-7-5-3-2-4-6-8/h39-45,51-59,66-68,74-79H,6-38H2,1-5H3,(H,61,70)(H,62,71)(H,63,72)(H,64,69)(H,65,73);2-8H2,1H3,(H,9,10). The molecule has 3 aliphatic heterocycles. The Kier molecular flexibility index (Phi) is 49.7. The predicted octanol–water partition coefficient (Wildman–Crippen LogP) is 1.86. The van der Waals surface area contributed by atoms with E-state index in [0.717, 1.165) is 71.3 Å². The minimum Gasteiger partial charge on any atom is -0.394 e. The fraction of sp³-hybridized carbons (Fsp3) is 0.925. The molecule has 16 atom stereocenters. The maximum absolute atomic E-state index is 13.9. The van der Waals surface area contributed by atoms with E-state index in [0.29, 0.717) is 104 Å². The van der Waals surface area contributed by atoms with Crippen LogP contribution < -0.4 is 32.3 Å². The van der Waals surface area contributed by atoms with Gasteiger partial charge in [0.15, 0.2) is 18.9 Å². The van der Waals surface area contributed by atoms with Crippen molar-refractivity contribution in [3.05, 3.63) is 0 Å². The molecular formula is C67H129N6O25P. The van der Waals surface area contributed by atoms with E-state index in [2.05, 4.69) is 35.6 Å². The fourth-order valence-corrected chi connectivity index (χ4v) is 11.9. The Hall–Kier alpha value is -3.22. The number of nitrogens with one attached hydrogen (secondary N) is 5. The summed E-state index contributed by atoms with van der Waals surface area (Å²) in [5.41, 5.74) is 4.13. The number of phosphoric ester groups is 1. The Labute approximate surface area is 586 Å². The van der Waals surface area contributed by atoms with Crippen molar-refractivity contribution in [2.24, 2.45) is 23.5 Å². The SMILES string of the molecule is CC(C)OCCCNC(=O)CCCC(=O)NC(CCC(=O)NCCCCCCOC1OC(CO)C(O)C(O)C1C)(CCC(=O)NCCCCCCOC1OC(CO)C(O)C(O)C1C)CCC(=O)NCCCCCCOC1OC(CO)C(O)C(O)C1C.COP(=O)(O)OCCCCCCN. The van der Waals surface area contributed by atoms with Gasteiger partial charge in [0.1, 0.15) is 36.6 Å². The summed E-state index contributed by atoms with van der Waals surface area (Å²) < 4.78 is 59.6. The van der Waals surface area contributed by atoms with Crippen molar-refractivity contribution in [3.8, 4) is 0 Å². The number of hydrogen-bond donors (Lipinski definition) is 16. The maximum atomic E-state index is 13.9. The Bertz CT molecular complexity index is 2030. The van der Waals surface area contributed by atoms with Gasteiger partial charge >= 0.3 is 7.82 Å². The van der Waals surface area contributed by atoms with E-state index in [-0.39, 0.29) is 100 Å². The lowest BCUT2D eigenvalue weighted by atomic mass is 9.82. The third-order valence-corrected chi connectivity index (χ3v) is 18.9. The van der Waals surface area contributed by atoms with Crippen LogP contribution in [0.25, 0.3) is 0 Å². The van der Waals surface area contributed by atoms with E-state index >= 15 is 0 Å². The Morgan fingerprint density at radius 1 is 0.444 bits per heavy atom. The summed E-state index contributed by atoms with van der Waals surface area (Å²) in [6.45, 7) is 11.6. The lowest BCUT2D eigenvalue weighted by Gasteiger charge is -2.40. The normalized spacial score (nSPS) is 26.7. The minimum atomic E-state index is -3.75. The highest BCUT2D eigenvalue weighted by molar-refractivity contribution is 7.47. The number of carbonyl (C=O) groups excluding carboxylic acids is 5. The van der Waals surface area contributed by atoms with Gasteiger partial charge in [0.2, 0.25) is 29.5 Å². The molecule has 0 aromatic heterocycles. The first kappa shape index (κ1) is 91.9. The fourth-order valence-electron chi connectivity index (χ4n) is 11.4. The third-order valence-electron chi connectivity index (χ3n) is 18.0. The largest absolute Gasteiger partial charge is 0.471 e. The molecule has 0 bridgehead atoms. The van der Waals surface area contributed by atoms with Crippen LogP contribution in [-0.4, -0.2) is 259 Å². The number of amides is 5. The first-order valence-electron chi connectivity index (χ1n) is 36.2.